The number of primary amides is 1. The zero-order chi connectivity index (χ0) is 19.9. The second-order valence-corrected chi connectivity index (χ2v) is 7.21. The number of nitriles is 1. The Morgan fingerprint density at radius 1 is 1.12 bits per heavy atom. The molecule has 0 heterocycles. The molecule has 0 saturated heterocycles. The maximum absolute atomic E-state index is 11.1. The van der Waals surface area contributed by atoms with Crippen molar-refractivity contribution in [2.45, 2.75) is 25.7 Å². The first kappa shape index (κ1) is 23.9. The van der Waals surface area contributed by atoms with Crippen molar-refractivity contribution in [1.29, 1.82) is 5.26 Å². The summed E-state index contributed by atoms with van der Waals surface area (Å²) in [4.78, 5) is 11.7. The molecular weight excluding hydrogens is 413 g/mol. The summed E-state index contributed by atoms with van der Waals surface area (Å²) in [5.74, 6) is -1.11. The largest absolute Gasteiger partial charge is 0.744 e. The van der Waals surface area contributed by atoms with E-state index < -0.39 is 47.1 Å². The first-order valence-corrected chi connectivity index (χ1v) is 9.71. The van der Waals surface area contributed by atoms with E-state index in [1.54, 1.807) is 4.90 Å². The number of hydrogen-bond acceptors (Lipinski definition) is 5. The zero-order valence-corrected chi connectivity index (χ0v) is 16.9. The van der Waals surface area contributed by atoms with Gasteiger partial charge in [0.2, 0.25) is 0 Å². The van der Waals surface area contributed by atoms with Gasteiger partial charge in [0.25, 0.3) is 5.91 Å². The molecule has 0 aromatic heterocycles. The predicted molar refractivity (Wildman–Crippen MR) is 95.3 cm³/mol. The summed E-state index contributed by atoms with van der Waals surface area (Å²) >= 11 is 16.8. The first-order valence-electron chi connectivity index (χ1n) is 7.17. The minimum Gasteiger partial charge on any atom is -0.744 e. The molecule has 7 nitrogen and oxygen atoms in total. The zero-order valence-electron chi connectivity index (χ0n) is 13.8. The summed E-state index contributed by atoms with van der Waals surface area (Å²) in [6.45, 7) is 10.5. The maximum Gasteiger partial charge on any atom is 0.251 e. The fourth-order valence-electron chi connectivity index (χ4n) is 1.94. The van der Waals surface area contributed by atoms with Crippen molar-refractivity contribution in [2.75, 3.05) is 19.6 Å². The van der Waals surface area contributed by atoms with Gasteiger partial charge in [0.15, 0.2) is 0 Å². The Morgan fingerprint density at radius 2 is 1.56 bits per heavy atom. The average molecular weight is 431 g/mol. The van der Waals surface area contributed by atoms with Crippen molar-refractivity contribution in [1.82, 2.24) is 0 Å². The summed E-state index contributed by atoms with van der Waals surface area (Å²) < 4.78 is 33.0. The lowest BCUT2D eigenvalue weighted by molar-refractivity contribution is -0.894. The van der Waals surface area contributed by atoms with Crippen LogP contribution in [0.15, 0.2) is 4.90 Å². The van der Waals surface area contributed by atoms with Crippen molar-refractivity contribution in [2.24, 2.45) is 5.73 Å². The van der Waals surface area contributed by atoms with Gasteiger partial charge in [-0.25, -0.2) is 8.42 Å². The van der Waals surface area contributed by atoms with Gasteiger partial charge in [-0.15, -0.1) is 0 Å². The number of benzene rings is 1. The van der Waals surface area contributed by atoms with Crippen molar-refractivity contribution in [3.8, 4) is 6.07 Å². The highest BCUT2D eigenvalue weighted by Gasteiger charge is 2.27. The molecule has 25 heavy (non-hydrogen) atoms. The van der Waals surface area contributed by atoms with Crippen LogP contribution < -0.4 is 10.6 Å². The molecule has 0 aliphatic heterocycles. The predicted octanol–water partition coefficient (Wildman–Crippen LogP) is 1.45. The Labute approximate surface area is 162 Å². The van der Waals surface area contributed by atoms with Crippen LogP contribution >= 0.6 is 34.8 Å². The third kappa shape index (κ3) is 5.99. The van der Waals surface area contributed by atoms with Gasteiger partial charge >= 0.3 is 0 Å². The van der Waals surface area contributed by atoms with Crippen LogP contribution in [-0.2, 0) is 10.1 Å². The molecule has 1 amide bonds. The number of nitrogens with two attached hydrogens (primary N) is 1. The van der Waals surface area contributed by atoms with E-state index in [4.69, 9.17) is 45.8 Å². The number of rotatable bonds is 5. The number of nitrogens with zero attached hydrogens (tertiary/aromatic N) is 1. The van der Waals surface area contributed by atoms with Gasteiger partial charge in [0, 0.05) is 0 Å². The molecule has 0 spiro atoms. The van der Waals surface area contributed by atoms with E-state index in [1.165, 1.54) is 25.7 Å². The first-order chi connectivity index (χ1) is 11.5. The van der Waals surface area contributed by atoms with E-state index in [1.807, 2.05) is 0 Å². The maximum atomic E-state index is 11.1. The minimum absolute atomic E-state index is 0.521. The molecule has 0 fully saturated rings. The molecular formula is C14H18Cl3N3O4S. The lowest BCUT2D eigenvalue weighted by Crippen LogP contribution is -3.11. The standard InChI is InChI=1S/C8H3Cl3N2O4S.C6H15N/c9-4-2(1-12)7(18(15,16)17)6(11)5(10)3(4)8(13)14;1-4-7(5-2)6-3/h(H2,13,14)(H,15,16,17);4-6H2,1-3H3. The van der Waals surface area contributed by atoms with E-state index in [0.29, 0.717) is 0 Å². The van der Waals surface area contributed by atoms with Crippen LogP contribution in [0.5, 0.6) is 0 Å². The van der Waals surface area contributed by atoms with E-state index in [2.05, 4.69) is 20.8 Å². The van der Waals surface area contributed by atoms with Crippen LogP contribution in [-0.4, -0.2) is 38.5 Å². The van der Waals surface area contributed by atoms with Gasteiger partial charge in [0.1, 0.15) is 16.2 Å². The molecule has 11 heteroatoms. The summed E-state index contributed by atoms with van der Waals surface area (Å²) in [7, 11) is -5.09. The van der Waals surface area contributed by atoms with E-state index in [9.17, 15) is 17.8 Å². The molecule has 1 rings (SSSR count). The number of carbonyl (C=O) groups excluding carboxylic acids is 1. The molecule has 0 atom stereocenters. The fraction of sp³-hybridized carbons (Fsp3) is 0.429. The molecule has 140 valence electrons. The van der Waals surface area contributed by atoms with Crippen LogP contribution in [0.1, 0.15) is 36.7 Å². The molecule has 0 aliphatic carbocycles. The third-order valence-electron chi connectivity index (χ3n) is 3.39. The number of halogens is 3. The number of hydrogen-bond donors (Lipinski definition) is 2. The van der Waals surface area contributed by atoms with Crippen LogP contribution in [0.25, 0.3) is 0 Å². The van der Waals surface area contributed by atoms with Gasteiger partial charge in [-0.1, -0.05) is 34.8 Å². The van der Waals surface area contributed by atoms with Crippen molar-refractivity contribution < 1.29 is 22.7 Å². The Bertz CT molecular complexity index is 782. The molecule has 3 N–H and O–H groups in total. The quantitative estimate of drug-likeness (QED) is 0.539. The lowest BCUT2D eigenvalue weighted by Gasteiger charge is -2.15. The van der Waals surface area contributed by atoms with Crippen molar-refractivity contribution >= 4 is 50.8 Å². The van der Waals surface area contributed by atoms with Crippen molar-refractivity contribution in [3.63, 3.8) is 0 Å². The second kappa shape index (κ2) is 10.2. The second-order valence-electron chi connectivity index (χ2n) is 4.76. The number of quaternary nitrogens is 1. The highest BCUT2D eigenvalue weighted by atomic mass is 35.5. The normalized spacial score (nSPS) is 10.8. The molecule has 0 radical (unpaired) electrons. The summed E-state index contributed by atoms with van der Waals surface area (Å²) in [5, 5.41) is 6.80. The average Bonchev–Trinajstić information content (AvgIpc) is 2.51. The van der Waals surface area contributed by atoms with E-state index >= 15 is 0 Å². The molecule has 1 aromatic rings. The van der Waals surface area contributed by atoms with Crippen LogP contribution in [0.3, 0.4) is 0 Å². The van der Waals surface area contributed by atoms with Gasteiger partial charge in [-0.2, -0.15) is 5.26 Å². The Kier molecular flexibility index (Phi) is 9.72. The number of nitrogens with one attached hydrogen (secondary N) is 1. The number of carbonyl (C=O) groups is 1. The van der Waals surface area contributed by atoms with Gasteiger partial charge in [0.05, 0.1) is 50.7 Å². The van der Waals surface area contributed by atoms with Crippen LogP contribution in [0, 0.1) is 11.3 Å². The van der Waals surface area contributed by atoms with E-state index in [0.717, 1.165) is 0 Å². The Balaban J connectivity index is 0.000000697. The highest BCUT2D eigenvalue weighted by Crippen LogP contribution is 2.40. The monoisotopic (exact) mass is 429 g/mol. The SMILES string of the molecule is CC[NH+](CC)CC.N#Cc1c(Cl)c(C(N)=O)c(Cl)c(Cl)c1S(=O)(=O)[O-]. The van der Waals surface area contributed by atoms with E-state index in [-0.39, 0.29) is 0 Å². The lowest BCUT2D eigenvalue weighted by atomic mass is 10.1. The fourth-order valence-corrected chi connectivity index (χ4v) is 3.90. The summed E-state index contributed by atoms with van der Waals surface area (Å²) in [6, 6.07) is 1.37. The minimum atomic E-state index is -5.09. The highest BCUT2D eigenvalue weighted by molar-refractivity contribution is 7.86. The molecule has 0 bridgehead atoms. The van der Waals surface area contributed by atoms with Gasteiger partial charge in [-0.05, 0) is 20.8 Å². The molecule has 0 saturated carbocycles. The van der Waals surface area contributed by atoms with Gasteiger partial charge < -0.3 is 15.2 Å². The molecule has 1 aromatic carbocycles. The Morgan fingerprint density at radius 3 is 1.80 bits per heavy atom. The third-order valence-corrected chi connectivity index (χ3v) is 5.64. The van der Waals surface area contributed by atoms with Crippen LogP contribution in [0.4, 0.5) is 0 Å². The molecule has 0 unspecified atom stereocenters. The smallest absolute Gasteiger partial charge is 0.251 e. The Hall–Kier alpha value is -1.08. The summed E-state index contributed by atoms with van der Waals surface area (Å²) in [5.41, 5.74) is 3.67. The number of amides is 1. The van der Waals surface area contributed by atoms with Crippen molar-refractivity contribution in [3.05, 3.63) is 26.2 Å². The molecule has 0 aliphatic rings. The summed E-state index contributed by atoms with van der Waals surface area (Å²) in [6.07, 6.45) is 0. The van der Waals surface area contributed by atoms with Gasteiger partial charge in [-0.3, -0.25) is 4.79 Å². The topological polar surface area (TPSA) is 129 Å². The van der Waals surface area contributed by atoms with Crippen LogP contribution in [0.2, 0.25) is 15.1 Å².